The highest BCUT2D eigenvalue weighted by Crippen LogP contribution is 2.40. The van der Waals surface area contributed by atoms with Gasteiger partial charge in [0.25, 0.3) is 5.91 Å². The summed E-state index contributed by atoms with van der Waals surface area (Å²) >= 11 is 1.67. The summed E-state index contributed by atoms with van der Waals surface area (Å²) < 4.78 is 0. The molecule has 2 aliphatic rings. The van der Waals surface area contributed by atoms with Gasteiger partial charge in [-0.15, -0.1) is 11.3 Å². The fourth-order valence-electron chi connectivity index (χ4n) is 7.65. The smallest absolute Gasteiger partial charge is 0.257 e. The highest BCUT2D eigenvalue weighted by Gasteiger charge is 2.41. The molecule has 2 aliphatic heterocycles. The number of piperidine rings is 1. The number of nitrogen functional groups attached to an aromatic ring is 1. The molecule has 1 amide bonds. The number of hydrogen-bond donors (Lipinski definition) is 2. The lowest BCUT2D eigenvalue weighted by atomic mass is 9.79. The predicted octanol–water partition coefficient (Wildman–Crippen LogP) is 10.4. The molecule has 47 heavy (non-hydrogen) atoms. The lowest BCUT2D eigenvalue weighted by Crippen LogP contribution is -2.45. The first kappa shape index (κ1) is 35.4. The van der Waals surface area contributed by atoms with Crippen LogP contribution < -0.4 is 16.0 Å². The van der Waals surface area contributed by atoms with E-state index in [1.54, 1.807) is 17.5 Å². The predicted molar refractivity (Wildman–Crippen MR) is 202 cm³/mol. The standard InChI is InChI=1S/C40H59N5OS/c1-2-3-4-5-6-7-8-9-10-11-12-13-14-15-25-44-27-24-40(31-44)23-17-26-45(32-40)38-22-20-34(30-42-38)39(46)43-36-29-33(19-21-35(36)41)37-18-16-28-47-37/h16,18-22,28-30H,2-15,17,23-27,31-32,41H2,1H3,(H,43,46). The Labute approximate surface area is 288 Å². The van der Waals surface area contributed by atoms with Crippen LogP contribution in [0.5, 0.6) is 0 Å². The molecule has 2 fully saturated rings. The zero-order valence-electron chi connectivity index (χ0n) is 29.0. The Kier molecular flexibility index (Phi) is 14.0. The highest BCUT2D eigenvalue weighted by molar-refractivity contribution is 7.13. The molecular weight excluding hydrogens is 599 g/mol. The van der Waals surface area contributed by atoms with E-state index in [9.17, 15) is 4.79 Å². The van der Waals surface area contributed by atoms with Crippen LogP contribution in [0.15, 0.2) is 54.0 Å². The minimum Gasteiger partial charge on any atom is -0.397 e. The van der Waals surface area contributed by atoms with Gasteiger partial charge in [0.1, 0.15) is 5.82 Å². The second-order valence-corrected chi connectivity index (χ2v) is 15.2. The van der Waals surface area contributed by atoms with E-state index in [1.807, 2.05) is 41.8 Å². The fourth-order valence-corrected chi connectivity index (χ4v) is 8.37. The number of anilines is 3. The minimum absolute atomic E-state index is 0.191. The average molecular weight is 658 g/mol. The number of likely N-dealkylation sites (tertiary alicyclic amines) is 1. The Hall–Kier alpha value is -2.90. The SMILES string of the molecule is CCCCCCCCCCCCCCCCN1CCC2(CCCN(c3ccc(C(=O)Nc4cc(-c5cccs5)ccc4N)cn3)C2)C1. The molecule has 1 aromatic carbocycles. The van der Waals surface area contributed by atoms with Gasteiger partial charge in [0.05, 0.1) is 16.9 Å². The number of hydrogen-bond acceptors (Lipinski definition) is 6. The summed E-state index contributed by atoms with van der Waals surface area (Å²) in [5.41, 5.74) is 9.34. The molecule has 3 aromatic rings. The van der Waals surface area contributed by atoms with Crippen LogP contribution in [-0.4, -0.2) is 48.5 Å². The third-order valence-electron chi connectivity index (χ3n) is 10.4. The summed E-state index contributed by atoms with van der Waals surface area (Å²) in [4.78, 5) is 24.2. The topological polar surface area (TPSA) is 74.5 Å². The van der Waals surface area contributed by atoms with Crippen molar-refractivity contribution >= 4 is 34.4 Å². The maximum Gasteiger partial charge on any atom is 0.257 e. The lowest BCUT2D eigenvalue weighted by Gasteiger charge is -2.41. The molecule has 0 aliphatic carbocycles. The quantitative estimate of drug-likeness (QED) is 0.0991. The van der Waals surface area contributed by atoms with Crippen LogP contribution in [0.4, 0.5) is 17.2 Å². The first-order valence-corrected chi connectivity index (χ1v) is 19.6. The monoisotopic (exact) mass is 657 g/mol. The Morgan fingerprint density at radius 1 is 0.872 bits per heavy atom. The first-order valence-electron chi connectivity index (χ1n) is 18.7. The van der Waals surface area contributed by atoms with Crippen LogP contribution >= 0.6 is 11.3 Å². The number of carbonyl (C=O) groups is 1. The van der Waals surface area contributed by atoms with Crippen LogP contribution in [-0.2, 0) is 0 Å². The molecule has 1 unspecified atom stereocenters. The molecule has 3 N–H and O–H groups in total. The summed E-state index contributed by atoms with van der Waals surface area (Å²) in [6.07, 6.45) is 25.3. The maximum atomic E-state index is 13.1. The average Bonchev–Trinajstić information content (AvgIpc) is 3.77. The van der Waals surface area contributed by atoms with E-state index >= 15 is 0 Å². The van der Waals surface area contributed by atoms with Gasteiger partial charge in [0.15, 0.2) is 0 Å². The summed E-state index contributed by atoms with van der Waals surface area (Å²) in [7, 11) is 0. The number of benzene rings is 1. The summed E-state index contributed by atoms with van der Waals surface area (Å²) in [6, 6.07) is 13.8. The van der Waals surface area contributed by atoms with Crippen molar-refractivity contribution in [1.82, 2.24) is 9.88 Å². The van der Waals surface area contributed by atoms with Gasteiger partial charge in [-0.05, 0) is 80.0 Å². The second-order valence-electron chi connectivity index (χ2n) is 14.3. The van der Waals surface area contributed by atoms with Gasteiger partial charge >= 0.3 is 0 Å². The third kappa shape index (κ3) is 10.8. The molecule has 1 spiro atoms. The number of carbonyl (C=O) groups excluding carboxylic acids is 1. The molecule has 0 bridgehead atoms. The van der Waals surface area contributed by atoms with Crippen LogP contribution in [0.3, 0.4) is 0 Å². The number of rotatable bonds is 19. The number of pyridine rings is 1. The van der Waals surface area contributed by atoms with Gasteiger partial charge in [-0.25, -0.2) is 4.98 Å². The van der Waals surface area contributed by atoms with Gasteiger partial charge in [-0.1, -0.05) is 103 Å². The minimum atomic E-state index is -0.191. The molecule has 7 heteroatoms. The molecule has 0 saturated carbocycles. The number of thiophene rings is 1. The largest absolute Gasteiger partial charge is 0.397 e. The molecule has 5 rings (SSSR count). The Bertz CT molecular complexity index is 1340. The zero-order valence-corrected chi connectivity index (χ0v) is 29.8. The zero-order chi connectivity index (χ0) is 32.7. The Balaban J connectivity index is 0.988. The number of amides is 1. The molecule has 2 aromatic heterocycles. The Morgan fingerprint density at radius 2 is 1.60 bits per heavy atom. The van der Waals surface area contributed by atoms with Crippen molar-refractivity contribution in [3.63, 3.8) is 0 Å². The summed E-state index contributed by atoms with van der Waals surface area (Å²) in [6.45, 7) is 8.09. The van der Waals surface area contributed by atoms with Crippen LogP contribution in [0.2, 0.25) is 0 Å². The maximum absolute atomic E-state index is 13.1. The van der Waals surface area contributed by atoms with Crippen molar-refractivity contribution < 1.29 is 4.79 Å². The van der Waals surface area contributed by atoms with E-state index in [0.717, 1.165) is 29.3 Å². The van der Waals surface area contributed by atoms with E-state index in [-0.39, 0.29) is 5.91 Å². The van der Waals surface area contributed by atoms with Crippen molar-refractivity contribution in [2.24, 2.45) is 5.41 Å². The molecule has 0 radical (unpaired) electrons. The fraction of sp³-hybridized carbons (Fsp3) is 0.600. The molecule has 256 valence electrons. The van der Waals surface area contributed by atoms with Crippen LogP contribution in [0.1, 0.15) is 126 Å². The molecule has 2 saturated heterocycles. The van der Waals surface area contributed by atoms with E-state index in [4.69, 9.17) is 10.7 Å². The molecule has 4 heterocycles. The van der Waals surface area contributed by atoms with Crippen molar-refractivity contribution in [3.05, 3.63) is 59.6 Å². The summed E-state index contributed by atoms with van der Waals surface area (Å²) in [5.74, 6) is 0.786. The van der Waals surface area contributed by atoms with Crippen molar-refractivity contribution in [2.75, 3.05) is 48.7 Å². The van der Waals surface area contributed by atoms with Gasteiger partial charge < -0.3 is 20.9 Å². The van der Waals surface area contributed by atoms with Gasteiger partial charge in [-0.2, -0.15) is 0 Å². The van der Waals surface area contributed by atoms with Crippen LogP contribution in [0, 0.1) is 5.41 Å². The van der Waals surface area contributed by atoms with Crippen molar-refractivity contribution in [2.45, 2.75) is 116 Å². The van der Waals surface area contributed by atoms with E-state index < -0.39 is 0 Å². The first-order chi connectivity index (χ1) is 23.0. The third-order valence-corrected chi connectivity index (χ3v) is 11.4. The van der Waals surface area contributed by atoms with E-state index in [1.165, 1.54) is 129 Å². The molecular formula is C40H59N5OS. The highest BCUT2D eigenvalue weighted by atomic mass is 32.1. The summed E-state index contributed by atoms with van der Waals surface area (Å²) in [5, 5.41) is 5.05. The Morgan fingerprint density at radius 3 is 2.26 bits per heavy atom. The second kappa shape index (κ2) is 18.6. The number of nitrogens with zero attached hydrogens (tertiary/aromatic N) is 3. The normalized spacial score (nSPS) is 18.3. The molecule has 6 nitrogen and oxygen atoms in total. The number of nitrogens with one attached hydrogen (secondary N) is 1. The van der Waals surface area contributed by atoms with Crippen LogP contribution in [0.25, 0.3) is 10.4 Å². The van der Waals surface area contributed by atoms with E-state index in [2.05, 4.69) is 28.1 Å². The number of unbranched alkanes of at least 4 members (excludes halogenated alkanes) is 13. The van der Waals surface area contributed by atoms with Gasteiger partial charge in [0.2, 0.25) is 0 Å². The number of aromatic nitrogens is 1. The van der Waals surface area contributed by atoms with E-state index in [0.29, 0.717) is 22.4 Å². The lowest BCUT2D eigenvalue weighted by molar-refractivity contribution is 0.102. The van der Waals surface area contributed by atoms with Gasteiger partial charge in [-0.3, -0.25) is 4.79 Å². The van der Waals surface area contributed by atoms with Crippen molar-refractivity contribution in [1.29, 1.82) is 0 Å². The van der Waals surface area contributed by atoms with Gasteiger partial charge in [0, 0.05) is 36.1 Å². The molecule has 1 atom stereocenters. The van der Waals surface area contributed by atoms with Crippen molar-refractivity contribution in [3.8, 4) is 10.4 Å². The number of nitrogens with two attached hydrogens (primary N) is 1.